The average molecular weight is 95.1 g/mol. The van der Waals surface area contributed by atoms with Crippen LogP contribution in [0.5, 0.6) is 0 Å². The molecule has 0 amide bonds. The van der Waals surface area contributed by atoms with Crippen LogP contribution in [0, 0.1) is 11.3 Å². The predicted molar refractivity (Wildman–Crippen MR) is 29.7 cm³/mol. The van der Waals surface area contributed by atoms with Gasteiger partial charge in [0.2, 0.25) is 0 Å². The molecule has 0 spiro atoms. The van der Waals surface area contributed by atoms with Gasteiger partial charge in [-0.05, 0) is 13.3 Å². The third-order valence-corrected chi connectivity index (χ3v) is 0.659. The van der Waals surface area contributed by atoms with E-state index in [0.29, 0.717) is 6.42 Å². The van der Waals surface area contributed by atoms with Crippen molar-refractivity contribution in [2.24, 2.45) is 0 Å². The summed E-state index contributed by atoms with van der Waals surface area (Å²) in [7, 11) is 0. The number of hydrogen-bond acceptors (Lipinski definition) is 1. The van der Waals surface area contributed by atoms with E-state index in [2.05, 4.69) is 6.07 Å². The molecule has 0 aliphatic carbocycles. The van der Waals surface area contributed by atoms with Crippen LogP contribution in [0.4, 0.5) is 0 Å². The van der Waals surface area contributed by atoms with E-state index in [1.54, 1.807) is 0 Å². The van der Waals surface area contributed by atoms with Crippen LogP contribution in [0.25, 0.3) is 0 Å². The van der Waals surface area contributed by atoms with Gasteiger partial charge in [-0.2, -0.15) is 5.26 Å². The van der Waals surface area contributed by atoms with Crippen LogP contribution in [0.1, 0.15) is 19.8 Å². The number of rotatable bonds is 2. The average Bonchev–Trinajstić information content (AvgIpc) is 1.69. The van der Waals surface area contributed by atoms with Crippen molar-refractivity contribution >= 4 is 0 Å². The lowest BCUT2D eigenvalue weighted by molar-refractivity contribution is 1.06. The Morgan fingerprint density at radius 1 is 1.71 bits per heavy atom. The zero-order valence-electron chi connectivity index (χ0n) is 4.52. The van der Waals surface area contributed by atoms with Gasteiger partial charge in [-0.25, -0.2) is 0 Å². The number of allylic oxidation sites excluding steroid dienone is 2. The third kappa shape index (κ3) is 5.23. The molecule has 0 fully saturated rings. The molecular formula is C6H9N. The molecule has 0 atom stereocenters. The highest BCUT2D eigenvalue weighted by atomic mass is 14.2. The van der Waals surface area contributed by atoms with Gasteiger partial charge < -0.3 is 0 Å². The second-order valence-corrected chi connectivity index (χ2v) is 1.27. The van der Waals surface area contributed by atoms with Crippen molar-refractivity contribution in [2.45, 2.75) is 19.8 Å². The highest BCUT2D eigenvalue weighted by molar-refractivity contribution is 4.82. The Bertz CT molecular complexity index is 86.8. The molecule has 0 aromatic carbocycles. The Morgan fingerprint density at radius 3 is 2.86 bits per heavy atom. The lowest BCUT2D eigenvalue weighted by Gasteiger charge is -1.74. The molecule has 38 valence electrons. The van der Waals surface area contributed by atoms with Gasteiger partial charge in [0.15, 0.2) is 0 Å². The van der Waals surface area contributed by atoms with E-state index >= 15 is 0 Å². The molecule has 0 unspecified atom stereocenters. The zero-order chi connectivity index (χ0) is 5.54. The van der Waals surface area contributed by atoms with E-state index in [0.717, 1.165) is 6.42 Å². The van der Waals surface area contributed by atoms with Crippen LogP contribution in [-0.4, -0.2) is 0 Å². The van der Waals surface area contributed by atoms with Crippen LogP contribution in [-0.2, 0) is 0 Å². The fourth-order valence-corrected chi connectivity index (χ4v) is 0.315. The summed E-state index contributed by atoms with van der Waals surface area (Å²) in [5.74, 6) is 0. The molecular weight excluding hydrogens is 86.1 g/mol. The van der Waals surface area contributed by atoms with Gasteiger partial charge in [0.1, 0.15) is 0 Å². The Balaban J connectivity index is 2.87. The Morgan fingerprint density at radius 2 is 2.43 bits per heavy atom. The van der Waals surface area contributed by atoms with Crippen LogP contribution >= 0.6 is 0 Å². The quantitative estimate of drug-likeness (QED) is 0.379. The molecule has 0 saturated carbocycles. The lowest BCUT2D eigenvalue weighted by Crippen LogP contribution is -1.59. The van der Waals surface area contributed by atoms with Crippen LogP contribution in [0.2, 0.25) is 0 Å². The van der Waals surface area contributed by atoms with Crippen LogP contribution in [0.15, 0.2) is 12.2 Å². The maximum absolute atomic E-state index is 8.01. The van der Waals surface area contributed by atoms with E-state index in [9.17, 15) is 0 Å². The van der Waals surface area contributed by atoms with Crippen molar-refractivity contribution in [3.63, 3.8) is 0 Å². The normalized spacial score (nSPS) is 9.14. The van der Waals surface area contributed by atoms with Gasteiger partial charge in [0.05, 0.1) is 6.07 Å². The SMILES string of the molecule is C/C=C/CCC#N. The summed E-state index contributed by atoms with van der Waals surface area (Å²) >= 11 is 0. The van der Waals surface area contributed by atoms with Gasteiger partial charge >= 0.3 is 0 Å². The maximum atomic E-state index is 8.01. The summed E-state index contributed by atoms with van der Waals surface area (Å²) in [4.78, 5) is 0. The minimum atomic E-state index is 0.643. The fourth-order valence-electron chi connectivity index (χ4n) is 0.315. The van der Waals surface area contributed by atoms with E-state index in [4.69, 9.17) is 5.26 Å². The van der Waals surface area contributed by atoms with Crippen molar-refractivity contribution < 1.29 is 0 Å². The van der Waals surface area contributed by atoms with Crippen LogP contribution < -0.4 is 0 Å². The van der Waals surface area contributed by atoms with Gasteiger partial charge in [-0.3, -0.25) is 0 Å². The summed E-state index contributed by atoms with van der Waals surface area (Å²) in [5, 5.41) is 8.01. The van der Waals surface area contributed by atoms with Gasteiger partial charge in [-0.15, -0.1) is 0 Å². The molecule has 0 rings (SSSR count). The summed E-state index contributed by atoms with van der Waals surface area (Å²) in [5.41, 5.74) is 0. The van der Waals surface area contributed by atoms with Gasteiger partial charge in [0, 0.05) is 6.42 Å². The minimum absolute atomic E-state index is 0.643. The van der Waals surface area contributed by atoms with Crippen molar-refractivity contribution in [1.82, 2.24) is 0 Å². The second-order valence-electron chi connectivity index (χ2n) is 1.27. The smallest absolute Gasteiger partial charge is 0.0624 e. The van der Waals surface area contributed by atoms with Crippen LogP contribution in [0.3, 0.4) is 0 Å². The first-order chi connectivity index (χ1) is 3.41. The Hall–Kier alpha value is -0.770. The molecule has 0 aliphatic rings. The first-order valence-corrected chi connectivity index (χ1v) is 2.40. The highest BCUT2D eigenvalue weighted by Crippen LogP contribution is 1.85. The van der Waals surface area contributed by atoms with E-state index < -0.39 is 0 Å². The second kappa shape index (κ2) is 5.23. The fraction of sp³-hybridized carbons (Fsp3) is 0.500. The molecule has 0 aromatic rings. The van der Waals surface area contributed by atoms with Crippen molar-refractivity contribution in [3.05, 3.63) is 12.2 Å². The topological polar surface area (TPSA) is 23.8 Å². The van der Waals surface area contributed by atoms with Gasteiger partial charge in [0.25, 0.3) is 0 Å². The Labute approximate surface area is 44.3 Å². The molecule has 0 radical (unpaired) electrons. The minimum Gasteiger partial charge on any atom is -0.198 e. The molecule has 0 bridgehead atoms. The number of unbranched alkanes of at least 4 members (excludes halogenated alkanes) is 1. The number of hydrogen-bond donors (Lipinski definition) is 0. The monoisotopic (exact) mass is 95.1 g/mol. The number of nitrogens with zero attached hydrogens (tertiary/aromatic N) is 1. The molecule has 1 nitrogen and oxygen atoms in total. The van der Waals surface area contributed by atoms with Crippen molar-refractivity contribution in [2.75, 3.05) is 0 Å². The van der Waals surface area contributed by atoms with Crippen molar-refractivity contribution in [1.29, 1.82) is 5.26 Å². The number of nitriles is 1. The first kappa shape index (κ1) is 6.23. The molecule has 0 N–H and O–H groups in total. The molecule has 7 heavy (non-hydrogen) atoms. The molecule has 1 heteroatoms. The molecule has 0 aliphatic heterocycles. The highest BCUT2D eigenvalue weighted by Gasteiger charge is 1.71. The summed E-state index contributed by atoms with van der Waals surface area (Å²) in [6.45, 7) is 1.96. The zero-order valence-corrected chi connectivity index (χ0v) is 4.52. The lowest BCUT2D eigenvalue weighted by atomic mass is 10.3. The summed E-state index contributed by atoms with van der Waals surface area (Å²) in [6, 6.07) is 2.05. The first-order valence-electron chi connectivity index (χ1n) is 2.40. The summed E-state index contributed by atoms with van der Waals surface area (Å²) in [6.07, 6.45) is 5.48. The van der Waals surface area contributed by atoms with E-state index in [1.807, 2.05) is 19.1 Å². The van der Waals surface area contributed by atoms with Crippen molar-refractivity contribution in [3.8, 4) is 6.07 Å². The van der Waals surface area contributed by atoms with E-state index in [-0.39, 0.29) is 0 Å². The van der Waals surface area contributed by atoms with E-state index in [1.165, 1.54) is 0 Å². The predicted octanol–water partition coefficient (Wildman–Crippen LogP) is 1.87. The molecule has 0 heterocycles. The molecule has 0 aromatic heterocycles. The maximum Gasteiger partial charge on any atom is 0.0624 e. The largest absolute Gasteiger partial charge is 0.198 e. The Kier molecular flexibility index (Phi) is 4.65. The standard InChI is InChI=1S/C6H9N/c1-2-3-4-5-6-7/h2-3H,4-5H2,1H3/b3-2+. The third-order valence-electron chi connectivity index (χ3n) is 0.659. The summed E-state index contributed by atoms with van der Waals surface area (Å²) < 4.78 is 0. The van der Waals surface area contributed by atoms with Gasteiger partial charge in [-0.1, -0.05) is 12.2 Å². The molecule has 0 saturated heterocycles.